The van der Waals surface area contributed by atoms with E-state index in [1.807, 2.05) is 60.5 Å². The van der Waals surface area contributed by atoms with Crippen LogP contribution in [0, 0.1) is 18.8 Å². The fourth-order valence-corrected chi connectivity index (χ4v) is 5.37. The molecule has 6 rings (SSSR count). The van der Waals surface area contributed by atoms with E-state index in [4.69, 9.17) is 4.42 Å². The lowest BCUT2D eigenvalue weighted by Gasteiger charge is -2.35. The van der Waals surface area contributed by atoms with Crippen molar-refractivity contribution in [2.24, 2.45) is 11.8 Å². The summed E-state index contributed by atoms with van der Waals surface area (Å²) in [6.07, 6.45) is 5.22. The van der Waals surface area contributed by atoms with Crippen LogP contribution in [0.2, 0.25) is 0 Å². The van der Waals surface area contributed by atoms with Gasteiger partial charge in [0.25, 0.3) is 0 Å². The summed E-state index contributed by atoms with van der Waals surface area (Å²) in [7, 11) is 0. The number of fused-ring (bicyclic) bond motifs is 5. The summed E-state index contributed by atoms with van der Waals surface area (Å²) in [6.45, 7) is 1.95. The molecule has 0 bridgehead atoms. The second-order valence-electron chi connectivity index (χ2n) is 8.52. The largest absolute Gasteiger partial charge is 0.461 e. The summed E-state index contributed by atoms with van der Waals surface area (Å²) >= 11 is 0. The number of imide groups is 1. The summed E-state index contributed by atoms with van der Waals surface area (Å²) in [5, 5.41) is 0. The van der Waals surface area contributed by atoms with Crippen LogP contribution in [0.3, 0.4) is 0 Å². The number of rotatable bonds is 3. The van der Waals surface area contributed by atoms with Gasteiger partial charge in [-0.25, -0.2) is 4.90 Å². The van der Waals surface area contributed by atoms with Crippen LogP contribution in [0.25, 0.3) is 6.08 Å². The van der Waals surface area contributed by atoms with Crippen LogP contribution in [0.15, 0.2) is 77.5 Å². The van der Waals surface area contributed by atoms with Gasteiger partial charge in [0.15, 0.2) is 5.76 Å². The van der Waals surface area contributed by atoms with Gasteiger partial charge >= 0.3 is 0 Å². The van der Waals surface area contributed by atoms with Gasteiger partial charge in [-0.2, -0.15) is 0 Å². The summed E-state index contributed by atoms with van der Waals surface area (Å²) in [5.41, 5.74) is 3.52. The lowest BCUT2D eigenvalue weighted by molar-refractivity contribution is -0.123. The van der Waals surface area contributed by atoms with Crippen molar-refractivity contribution in [3.8, 4) is 0 Å². The highest BCUT2D eigenvalue weighted by Gasteiger charge is 2.64. The molecule has 0 N–H and O–H groups in total. The molecule has 158 valence electrons. The van der Waals surface area contributed by atoms with E-state index in [1.165, 1.54) is 11.2 Å². The third-order valence-corrected chi connectivity index (χ3v) is 6.79. The predicted octanol–water partition coefficient (Wildman–Crippen LogP) is 3.99. The highest BCUT2D eigenvalue weighted by atomic mass is 16.3. The number of hydrogen-bond donors (Lipinski definition) is 0. The highest BCUT2D eigenvalue weighted by Crippen LogP contribution is 2.53. The Bertz CT molecular complexity index is 1280. The first-order valence-corrected chi connectivity index (χ1v) is 10.6. The maximum atomic E-state index is 13.7. The second-order valence-corrected chi connectivity index (χ2v) is 8.52. The van der Waals surface area contributed by atoms with Crippen LogP contribution in [0.1, 0.15) is 33.3 Å². The molecule has 0 saturated carbocycles. The number of nitrogens with zero attached hydrogens (tertiary/aromatic N) is 2. The average molecular weight is 424 g/mol. The zero-order valence-electron chi connectivity index (χ0n) is 17.3. The predicted molar refractivity (Wildman–Crippen MR) is 118 cm³/mol. The number of carbonyl (C=O) groups is 3. The van der Waals surface area contributed by atoms with E-state index < -0.39 is 23.9 Å². The standard InChI is InChI=1S/C26H20N2O4/c1-15-8-10-17(11-9-15)28-25(30)20-21(26(28)31)23(24(29)19-7-4-14-32-19)27-13-12-16-5-2-3-6-18(16)22(20)27/h2-14,20-23H,1H3/t20-,21+,22-,23+/m0/s1. The minimum Gasteiger partial charge on any atom is -0.461 e. The van der Waals surface area contributed by atoms with Crippen LogP contribution in [-0.2, 0) is 9.59 Å². The maximum Gasteiger partial charge on any atom is 0.240 e. The topological polar surface area (TPSA) is 70.8 Å². The molecule has 6 nitrogen and oxygen atoms in total. The Labute approximate surface area is 184 Å². The number of furan rings is 1. The Morgan fingerprint density at radius 1 is 0.906 bits per heavy atom. The molecule has 2 saturated heterocycles. The van der Waals surface area contributed by atoms with Crippen molar-refractivity contribution in [3.05, 3.63) is 95.6 Å². The van der Waals surface area contributed by atoms with Crippen molar-refractivity contribution in [2.75, 3.05) is 4.90 Å². The van der Waals surface area contributed by atoms with Crippen LogP contribution >= 0.6 is 0 Å². The first kappa shape index (κ1) is 18.8. The zero-order valence-corrected chi connectivity index (χ0v) is 17.3. The van der Waals surface area contributed by atoms with Crippen LogP contribution in [0.4, 0.5) is 5.69 Å². The van der Waals surface area contributed by atoms with E-state index in [-0.39, 0.29) is 23.4 Å². The summed E-state index contributed by atoms with van der Waals surface area (Å²) < 4.78 is 5.38. The minimum atomic E-state index is -0.812. The second kappa shape index (κ2) is 6.79. The third kappa shape index (κ3) is 2.49. The van der Waals surface area contributed by atoms with Gasteiger partial charge < -0.3 is 9.32 Å². The summed E-state index contributed by atoms with van der Waals surface area (Å²) in [6, 6.07) is 17.2. The lowest BCUT2D eigenvalue weighted by atomic mass is 9.84. The quantitative estimate of drug-likeness (QED) is 0.470. The number of anilines is 1. The van der Waals surface area contributed by atoms with E-state index in [0.717, 1.165) is 16.7 Å². The molecule has 3 aliphatic rings. The number of amides is 2. The fraction of sp³-hybridized carbons (Fsp3) is 0.192. The van der Waals surface area contributed by atoms with Gasteiger partial charge in [0.2, 0.25) is 17.6 Å². The fourth-order valence-electron chi connectivity index (χ4n) is 5.37. The Morgan fingerprint density at radius 2 is 1.66 bits per heavy atom. The molecule has 4 atom stereocenters. The average Bonchev–Trinajstić information content (AvgIpc) is 3.51. The Balaban J connectivity index is 1.50. The van der Waals surface area contributed by atoms with Gasteiger partial charge in [-0.3, -0.25) is 14.4 Å². The Morgan fingerprint density at radius 3 is 2.41 bits per heavy atom. The number of carbonyl (C=O) groups excluding carboxylic acids is 3. The van der Waals surface area contributed by atoms with Gasteiger partial charge in [-0.1, -0.05) is 42.0 Å². The SMILES string of the molecule is Cc1ccc(N2C(=O)[C@@H]3[C@H](C2=O)[C@@H]2c4ccccc4C=CN2[C@H]3C(=O)c2ccco2)cc1. The number of hydrogen-bond acceptors (Lipinski definition) is 5. The molecular formula is C26H20N2O4. The van der Waals surface area contributed by atoms with Gasteiger partial charge in [-0.05, 0) is 48.4 Å². The van der Waals surface area contributed by atoms with Gasteiger partial charge in [0.05, 0.1) is 29.8 Å². The number of Topliss-reactive ketones (excluding diaryl/α,β-unsaturated/α-hetero) is 1. The molecule has 4 heterocycles. The smallest absolute Gasteiger partial charge is 0.240 e. The molecule has 0 aliphatic carbocycles. The molecule has 3 aromatic rings. The monoisotopic (exact) mass is 424 g/mol. The van der Waals surface area contributed by atoms with Gasteiger partial charge in [0.1, 0.15) is 6.04 Å². The molecule has 32 heavy (non-hydrogen) atoms. The molecule has 3 aliphatic heterocycles. The van der Waals surface area contributed by atoms with E-state index in [2.05, 4.69) is 0 Å². The van der Waals surface area contributed by atoms with Crippen LogP contribution in [0.5, 0.6) is 0 Å². The van der Waals surface area contributed by atoms with Gasteiger partial charge in [-0.15, -0.1) is 0 Å². The van der Waals surface area contributed by atoms with Crippen LogP contribution in [-0.4, -0.2) is 28.5 Å². The van der Waals surface area contributed by atoms with Crippen molar-refractivity contribution in [1.29, 1.82) is 0 Å². The molecule has 6 heteroatoms. The molecule has 2 amide bonds. The van der Waals surface area contributed by atoms with E-state index >= 15 is 0 Å². The molecular weight excluding hydrogens is 404 g/mol. The van der Waals surface area contributed by atoms with E-state index in [0.29, 0.717) is 5.69 Å². The molecule has 1 aromatic heterocycles. The number of aryl methyl sites for hydroxylation is 1. The maximum absolute atomic E-state index is 13.7. The Hall–Kier alpha value is -3.93. The Kier molecular flexibility index (Phi) is 3.99. The summed E-state index contributed by atoms with van der Waals surface area (Å²) in [4.78, 5) is 44.1. The molecule has 0 unspecified atom stereocenters. The molecule has 2 fully saturated rings. The van der Waals surface area contributed by atoms with Crippen molar-refractivity contribution < 1.29 is 18.8 Å². The van der Waals surface area contributed by atoms with E-state index in [9.17, 15) is 14.4 Å². The van der Waals surface area contributed by atoms with Crippen LogP contribution < -0.4 is 4.90 Å². The highest BCUT2D eigenvalue weighted by molar-refractivity contribution is 6.24. The first-order valence-electron chi connectivity index (χ1n) is 10.6. The van der Waals surface area contributed by atoms with Gasteiger partial charge in [0, 0.05) is 6.20 Å². The third-order valence-electron chi connectivity index (χ3n) is 6.79. The molecule has 0 radical (unpaired) electrons. The lowest BCUT2D eigenvalue weighted by Crippen LogP contribution is -2.44. The van der Waals surface area contributed by atoms with Crippen molar-refractivity contribution in [3.63, 3.8) is 0 Å². The normalized spacial score (nSPS) is 25.7. The molecule has 2 aromatic carbocycles. The van der Waals surface area contributed by atoms with E-state index in [1.54, 1.807) is 24.3 Å². The van der Waals surface area contributed by atoms with Crippen molar-refractivity contribution in [1.82, 2.24) is 4.90 Å². The summed E-state index contributed by atoms with van der Waals surface area (Å²) in [5.74, 6) is -2.15. The zero-order chi connectivity index (χ0) is 22.0. The molecule has 0 spiro atoms. The van der Waals surface area contributed by atoms with Crippen molar-refractivity contribution in [2.45, 2.75) is 19.0 Å². The minimum absolute atomic E-state index is 0.190. The first-order chi connectivity index (χ1) is 15.6. The number of ketones is 1. The number of benzene rings is 2. The van der Waals surface area contributed by atoms with Crippen molar-refractivity contribution >= 4 is 29.4 Å².